The van der Waals surface area contributed by atoms with Crippen molar-refractivity contribution in [1.82, 2.24) is 0 Å². The zero-order valence-corrected chi connectivity index (χ0v) is 13.2. The van der Waals surface area contributed by atoms with Gasteiger partial charge in [-0.3, -0.25) is 0 Å². The van der Waals surface area contributed by atoms with E-state index < -0.39 is 9.39 Å². The lowest BCUT2D eigenvalue weighted by Gasteiger charge is -2.14. The third-order valence-electron chi connectivity index (χ3n) is 1.26. The van der Waals surface area contributed by atoms with Crippen LogP contribution >= 0.6 is 51.5 Å². The highest BCUT2D eigenvalue weighted by molar-refractivity contribution is 7.81. The maximum absolute atomic E-state index is 4.99. The lowest BCUT2D eigenvalue weighted by molar-refractivity contribution is 0.604. The first-order chi connectivity index (χ1) is 6.11. The fourth-order valence-corrected chi connectivity index (χ4v) is 1.52. The zero-order chi connectivity index (χ0) is 11.4. The molecule has 0 aliphatic heterocycles. The van der Waals surface area contributed by atoms with Crippen LogP contribution in [0.4, 0.5) is 0 Å². The maximum atomic E-state index is 4.99. The van der Waals surface area contributed by atoms with Crippen LogP contribution in [-0.2, 0) is 5.41 Å². The van der Waals surface area contributed by atoms with Crippen LogP contribution in [-0.4, -0.2) is 9.39 Å². The number of thiophene rings is 1. The van der Waals surface area contributed by atoms with E-state index in [-0.39, 0.29) is 0 Å². The standard InChI is InChI=1S/C8H12S.Al.4ClH/c1-8(2,3)7-5-4-6-9-7;;;;;/h4-6H,1-3H3;;4*1H/q;+3;;;;/p-4. The molecule has 0 saturated carbocycles. The minimum absolute atomic E-state index is 0.341. The Morgan fingerprint density at radius 1 is 1.14 bits per heavy atom. The molecule has 0 bridgehead atoms. The molecule has 1 heterocycles. The summed E-state index contributed by atoms with van der Waals surface area (Å²) < 4.78 is 0. The Hall–Kier alpha value is 1.39. The van der Waals surface area contributed by atoms with Crippen LogP contribution in [0.3, 0.4) is 0 Å². The summed E-state index contributed by atoms with van der Waals surface area (Å²) in [5.41, 5.74) is 0.341. The van der Waals surface area contributed by atoms with Crippen LogP contribution < -0.4 is 0 Å². The predicted octanol–water partition coefficient (Wildman–Crippen LogP) is 5.42. The van der Waals surface area contributed by atoms with Gasteiger partial charge in [0.25, 0.3) is 0 Å². The predicted molar refractivity (Wildman–Crippen MR) is 72.2 cm³/mol. The third kappa shape index (κ3) is 9.93. The first kappa shape index (κ1) is 15.4. The summed E-state index contributed by atoms with van der Waals surface area (Å²) in [7, 11) is 17.0. The van der Waals surface area contributed by atoms with Crippen molar-refractivity contribution >= 4 is 60.9 Å². The van der Waals surface area contributed by atoms with Crippen molar-refractivity contribution in [2.45, 2.75) is 26.2 Å². The summed E-state index contributed by atoms with van der Waals surface area (Å²) >= 11 is 1.83. The maximum Gasteiger partial charge on any atom is 0.564 e. The SMILES string of the molecule is CC(C)(C)c1cccs1.[Cl][Al-]([Cl])([Cl])[Cl]. The lowest BCUT2D eigenvalue weighted by Crippen LogP contribution is -2.07. The second-order valence-electron chi connectivity index (χ2n) is 3.72. The highest BCUT2D eigenvalue weighted by atomic mass is 35.9. The van der Waals surface area contributed by atoms with Crippen LogP contribution in [0.2, 0.25) is 0 Å². The quantitative estimate of drug-likeness (QED) is 0.561. The van der Waals surface area contributed by atoms with Crippen LogP contribution in [0.5, 0.6) is 0 Å². The molecule has 0 saturated heterocycles. The minimum atomic E-state index is -2.94. The van der Waals surface area contributed by atoms with E-state index in [9.17, 15) is 0 Å². The Morgan fingerprint density at radius 3 is 1.71 bits per heavy atom. The van der Waals surface area contributed by atoms with E-state index in [1.165, 1.54) is 4.88 Å². The van der Waals surface area contributed by atoms with Crippen molar-refractivity contribution in [2.75, 3.05) is 0 Å². The molecule has 1 aromatic rings. The van der Waals surface area contributed by atoms with Crippen molar-refractivity contribution < 1.29 is 0 Å². The summed E-state index contributed by atoms with van der Waals surface area (Å²) in [6, 6.07) is 4.29. The monoisotopic (exact) mass is 307 g/mol. The first-order valence-corrected chi connectivity index (χ1v) is 11.9. The van der Waals surface area contributed by atoms with Gasteiger partial charge in [-0.15, -0.1) is 11.3 Å². The van der Waals surface area contributed by atoms with E-state index in [2.05, 4.69) is 38.3 Å². The number of halogens is 4. The molecule has 0 amide bonds. The largest absolute Gasteiger partial charge is 0.564 e. The average Bonchev–Trinajstić information content (AvgIpc) is 2.28. The molecular formula is C8H12AlCl4S-. The molecular weight excluding hydrogens is 297 g/mol. The van der Waals surface area contributed by atoms with E-state index in [0.29, 0.717) is 5.41 Å². The highest BCUT2D eigenvalue weighted by Crippen LogP contribution is 2.25. The van der Waals surface area contributed by atoms with Gasteiger partial charge < -0.3 is 40.2 Å². The Bertz CT molecular complexity index is 241. The third-order valence-corrected chi connectivity index (χ3v) is 2.56. The smallest absolute Gasteiger partial charge is 0.391 e. The summed E-state index contributed by atoms with van der Waals surface area (Å²) in [4.78, 5) is 1.46. The van der Waals surface area contributed by atoms with E-state index in [0.717, 1.165) is 0 Å². The van der Waals surface area contributed by atoms with Gasteiger partial charge in [-0.25, -0.2) is 0 Å². The van der Waals surface area contributed by atoms with Gasteiger partial charge in [-0.2, -0.15) is 0 Å². The van der Waals surface area contributed by atoms with Crippen molar-refractivity contribution in [2.24, 2.45) is 0 Å². The second-order valence-corrected chi connectivity index (χ2v) is 17.5. The molecule has 1 rings (SSSR count). The summed E-state index contributed by atoms with van der Waals surface area (Å²) in [6.45, 7) is 6.70. The molecule has 0 radical (unpaired) electrons. The van der Waals surface area contributed by atoms with Crippen molar-refractivity contribution in [3.63, 3.8) is 0 Å². The molecule has 0 atom stereocenters. The Labute approximate surface area is 109 Å². The van der Waals surface area contributed by atoms with Gasteiger partial charge in [0.15, 0.2) is 0 Å². The molecule has 0 N–H and O–H groups in total. The van der Waals surface area contributed by atoms with Gasteiger partial charge in [0.05, 0.1) is 0 Å². The minimum Gasteiger partial charge on any atom is -0.391 e. The molecule has 0 unspecified atom stereocenters. The Kier molecular flexibility index (Phi) is 6.82. The van der Waals surface area contributed by atoms with Gasteiger partial charge in [0.1, 0.15) is 0 Å². The molecule has 0 aliphatic carbocycles. The summed E-state index contributed by atoms with van der Waals surface area (Å²) in [5.74, 6) is 0. The van der Waals surface area contributed by atoms with Crippen LogP contribution in [0.1, 0.15) is 25.6 Å². The lowest BCUT2D eigenvalue weighted by atomic mass is 9.95. The van der Waals surface area contributed by atoms with Crippen LogP contribution in [0.15, 0.2) is 17.5 Å². The van der Waals surface area contributed by atoms with E-state index in [1.807, 2.05) is 11.3 Å². The van der Waals surface area contributed by atoms with Gasteiger partial charge >= 0.3 is 9.39 Å². The molecule has 6 heteroatoms. The number of rotatable bonds is 0. The van der Waals surface area contributed by atoms with Crippen molar-refractivity contribution in [1.29, 1.82) is 0 Å². The Morgan fingerprint density at radius 2 is 1.57 bits per heavy atom. The summed E-state index contributed by atoms with van der Waals surface area (Å²) in [6.07, 6.45) is 0. The molecule has 0 spiro atoms. The molecule has 0 nitrogen and oxygen atoms in total. The van der Waals surface area contributed by atoms with Crippen LogP contribution in [0.25, 0.3) is 0 Å². The zero-order valence-electron chi connectivity index (χ0n) is 8.23. The van der Waals surface area contributed by atoms with Gasteiger partial charge in [-0.05, 0) is 16.9 Å². The topological polar surface area (TPSA) is 0 Å². The Balaban J connectivity index is 0.000000292. The van der Waals surface area contributed by atoms with E-state index in [4.69, 9.17) is 40.2 Å². The fourth-order valence-electron chi connectivity index (χ4n) is 0.705. The number of hydrogen-bond donors (Lipinski definition) is 0. The molecule has 1 aromatic heterocycles. The van der Waals surface area contributed by atoms with E-state index in [1.54, 1.807) is 0 Å². The van der Waals surface area contributed by atoms with Crippen molar-refractivity contribution in [3.05, 3.63) is 22.4 Å². The molecule has 82 valence electrons. The van der Waals surface area contributed by atoms with Crippen molar-refractivity contribution in [3.8, 4) is 0 Å². The first-order valence-electron chi connectivity index (χ1n) is 4.02. The van der Waals surface area contributed by atoms with Crippen LogP contribution in [0, 0.1) is 0 Å². The second kappa shape index (κ2) is 6.21. The van der Waals surface area contributed by atoms with Gasteiger partial charge in [-0.1, -0.05) is 26.8 Å². The fraction of sp³-hybridized carbons (Fsp3) is 0.500. The normalized spacial score (nSPS) is 11.9. The molecule has 0 aromatic carbocycles. The average molecular weight is 309 g/mol. The highest BCUT2D eigenvalue weighted by Gasteiger charge is 2.15. The van der Waals surface area contributed by atoms with Gasteiger partial charge in [0, 0.05) is 4.88 Å². The van der Waals surface area contributed by atoms with Gasteiger partial charge in [0.2, 0.25) is 0 Å². The molecule has 0 fully saturated rings. The molecule has 0 aliphatic rings. The summed E-state index contributed by atoms with van der Waals surface area (Å²) in [5, 5.41) is 2.13. The molecule has 14 heavy (non-hydrogen) atoms. The van der Waals surface area contributed by atoms with E-state index >= 15 is 0 Å². The number of hydrogen-bond acceptors (Lipinski definition) is 1.